The van der Waals surface area contributed by atoms with Crippen LogP contribution in [0.25, 0.3) is 0 Å². The molecule has 1 amide bonds. The van der Waals surface area contributed by atoms with Crippen LogP contribution >= 0.6 is 0 Å². The molecule has 1 aromatic rings. The second-order valence-electron chi connectivity index (χ2n) is 6.37. The van der Waals surface area contributed by atoms with E-state index in [4.69, 9.17) is 5.73 Å². The summed E-state index contributed by atoms with van der Waals surface area (Å²) in [6.07, 6.45) is -0.310. The Morgan fingerprint density at radius 2 is 1.85 bits per heavy atom. The number of nitrogens with two attached hydrogens (primary N) is 1. The lowest BCUT2D eigenvalue weighted by molar-refractivity contribution is -0.118. The number of carbonyl (C=O) groups is 1. The van der Waals surface area contributed by atoms with Crippen LogP contribution in [-0.2, 0) is 10.2 Å². The van der Waals surface area contributed by atoms with E-state index in [1.807, 2.05) is 31.2 Å². The Balaban J connectivity index is 2.56. The Kier molecular flexibility index (Phi) is 5.72. The summed E-state index contributed by atoms with van der Waals surface area (Å²) in [5.74, 6) is -0.339. The highest BCUT2D eigenvalue weighted by Crippen LogP contribution is 2.23. The first-order valence-electron chi connectivity index (χ1n) is 7.00. The van der Waals surface area contributed by atoms with Gasteiger partial charge in [-0.1, -0.05) is 45.0 Å². The second-order valence-corrected chi connectivity index (χ2v) is 6.37. The van der Waals surface area contributed by atoms with Crippen LogP contribution in [0.4, 0.5) is 0 Å². The number of primary amides is 1. The van der Waals surface area contributed by atoms with Gasteiger partial charge in [0.25, 0.3) is 0 Å². The number of benzene rings is 1. The molecule has 0 aliphatic heterocycles. The molecule has 0 heterocycles. The van der Waals surface area contributed by atoms with Gasteiger partial charge in [-0.25, -0.2) is 0 Å². The Morgan fingerprint density at radius 3 is 2.30 bits per heavy atom. The quantitative estimate of drug-likeness (QED) is 0.743. The van der Waals surface area contributed by atoms with E-state index in [1.54, 1.807) is 0 Å². The van der Waals surface area contributed by atoms with E-state index in [1.165, 1.54) is 5.56 Å². The van der Waals surface area contributed by atoms with E-state index in [0.717, 1.165) is 5.56 Å². The lowest BCUT2D eigenvalue weighted by Gasteiger charge is -2.20. The number of rotatable bonds is 6. The summed E-state index contributed by atoms with van der Waals surface area (Å²) in [5.41, 5.74) is 7.35. The van der Waals surface area contributed by atoms with Crippen molar-refractivity contribution in [1.29, 1.82) is 0 Å². The van der Waals surface area contributed by atoms with Gasteiger partial charge >= 0.3 is 0 Å². The number of amides is 1. The highest BCUT2D eigenvalue weighted by Gasteiger charge is 2.15. The van der Waals surface area contributed by atoms with Gasteiger partial charge in [0.1, 0.15) is 0 Å². The van der Waals surface area contributed by atoms with E-state index in [9.17, 15) is 9.90 Å². The van der Waals surface area contributed by atoms with Crippen LogP contribution in [0, 0.1) is 0 Å². The summed E-state index contributed by atoms with van der Waals surface area (Å²) in [5, 5.41) is 13.2. The van der Waals surface area contributed by atoms with Crippen molar-refractivity contribution in [3.8, 4) is 0 Å². The van der Waals surface area contributed by atoms with Crippen LogP contribution in [0.5, 0.6) is 0 Å². The molecule has 1 rings (SSSR count). The van der Waals surface area contributed by atoms with Crippen LogP contribution < -0.4 is 11.1 Å². The lowest BCUT2D eigenvalue weighted by atomic mass is 9.86. The zero-order chi connectivity index (χ0) is 15.3. The van der Waals surface area contributed by atoms with Gasteiger partial charge in [-0.3, -0.25) is 4.79 Å². The lowest BCUT2D eigenvalue weighted by Crippen LogP contribution is -2.33. The van der Waals surface area contributed by atoms with E-state index in [-0.39, 0.29) is 23.8 Å². The maximum absolute atomic E-state index is 10.8. The summed E-state index contributed by atoms with van der Waals surface area (Å²) >= 11 is 0. The molecule has 0 spiro atoms. The molecule has 4 N–H and O–H groups in total. The van der Waals surface area contributed by atoms with Gasteiger partial charge in [-0.15, -0.1) is 0 Å². The second kappa shape index (κ2) is 6.86. The maximum Gasteiger partial charge on any atom is 0.218 e. The molecule has 4 heteroatoms. The van der Waals surface area contributed by atoms with Gasteiger partial charge in [-0.05, 0) is 23.5 Å². The smallest absolute Gasteiger partial charge is 0.218 e. The van der Waals surface area contributed by atoms with Gasteiger partial charge < -0.3 is 16.2 Å². The van der Waals surface area contributed by atoms with Crippen molar-refractivity contribution in [2.24, 2.45) is 5.73 Å². The molecule has 112 valence electrons. The van der Waals surface area contributed by atoms with Crippen LogP contribution in [0.3, 0.4) is 0 Å². The number of hydrogen-bond acceptors (Lipinski definition) is 3. The third kappa shape index (κ3) is 5.31. The minimum Gasteiger partial charge on any atom is -0.387 e. The van der Waals surface area contributed by atoms with Crippen molar-refractivity contribution in [2.45, 2.75) is 51.7 Å². The fraction of sp³-hybridized carbons (Fsp3) is 0.562. The molecule has 2 unspecified atom stereocenters. The Hall–Kier alpha value is -1.39. The average molecular weight is 278 g/mol. The number of aliphatic hydroxyl groups excluding tert-OH is 1. The molecule has 0 aliphatic rings. The van der Waals surface area contributed by atoms with Crippen LogP contribution in [-0.4, -0.2) is 23.6 Å². The SMILES string of the molecule is CC(CC(N)=O)NCC(O)c1ccc(C(C)(C)C)cc1. The zero-order valence-corrected chi connectivity index (χ0v) is 12.8. The zero-order valence-electron chi connectivity index (χ0n) is 12.8. The van der Waals surface area contributed by atoms with E-state index >= 15 is 0 Å². The predicted molar refractivity (Wildman–Crippen MR) is 81.4 cm³/mol. The normalized spacial score (nSPS) is 14.8. The third-order valence-corrected chi connectivity index (χ3v) is 3.33. The molecule has 0 bridgehead atoms. The standard InChI is InChI=1S/C16H26N2O2/c1-11(9-15(17)20)18-10-14(19)12-5-7-13(8-6-12)16(2,3)4/h5-8,11,14,18-19H,9-10H2,1-4H3,(H2,17,20). The Bertz CT molecular complexity index is 435. The van der Waals surface area contributed by atoms with Crippen LogP contribution in [0.1, 0.15) is 51.3 Å². The summed E-state index contributed by atoms with van der Waals surface area (Å²) in [6, 6.07) is 7.96. The highest BCUT2D eigenvalue weighted by atomic mass is 16.3. The first-order chi connectivity index (χ1) is 9.20. The highest BCUT2D eigenvalue weighted by molar-refractivity contribution is 5.74. The maximum atomic E-state index is 10.8. The van der Waals surface area contributed by atoms with Gasteiger partial charge in [0.15, 0.2) is 0 Å². The fourth-order valence-corrected chi connectivity index (χ4v) is 2.01. The first kappa shape index (κ1) is 16.7. The van der Waals surface area contributed by atoms with Crippen molar-refractivity contribution in [3.63, 3.8) is 0 Å². The molecule has 0 aliphatic carbocycles. The first-order valence-corrected chi connectivity index (χ1v) is 7.00. The molecule has 1 aromatic carbocycles. The number of nitrogens with one attached hydrogen (secondary N) is 1. The molecule has 0 aromatic heterocycles. The van der Waals surface area contributed by atoms with Crippen molar-refractivity contribution in [1.82, 2.24) is 5.32 Å². The van der Waals surface area contributed by atoms with E-state index < -0.39 is 6.10 Å². The van der Waals surface area contributed by atoms with Crippen molar-refractivity contribution >= 4 is 5.91 Å². The van der Waals surface area contributed by atoms with E-state index in [2.05, 4.69) is 26.1 Å². The van der Waals surface area contributed by atoms with Crippen molar-refractivity contribution in [2.75, 3.05) is 6.54 Å². The predicted octanol–water partition coefficient (Wildman–Crippen LogP) is 1.87. The van der Waals surface area contributed by atoms with E-state index in [0.29, 0.717) is 6.54 Å². The number of carbonyl (C=O) groups excluding carboxylic acids is 1. The number of hydrogen-bond donors (Lipinski definition) is 3. The molecule has 4 nitrogen and oxygen atoms in total. The summed E-state index contributed by atoms with van der Waals surface area (Å²) < 4.78 is 0. The third-order valence-electron chi connectivity index (χ3n) is 3.33. The van der Waals surface area contributed by atoms with Crippen molar-refractivity contribution in [3.05, 3.63) is 35.4 Å². The Labute approximate surface area is 121 Å². The summed E-state index contributed by atoms with van der Waals surface area (Å²) in [6.45, 7) is 8.76. The fourth-order valence-electron chi connectivity index (χ4n) is 2.01. The van der Waals surface area contributed by atoms with Gasteiger partial charge in [0, 0.05) is 19.0 Å². The minimum absolute atomic E-state index is 0.0315. The minimum atomic E-state index is -0.584. The topological polar surface area (TPSA) is 75.4 Å². The molecule has 0 saturated carbocycles. The monoisotopic (exact) mass is 278 g/mol. The molecule has 2 atom stereocenters. The summed E-state index contributed by atoms with van der Waals surface area (Å²) in [4.78, 5) is 10.8. The molecule has 0 fully saturated rings. The summed E-state index contributed by atoms with van der Waals surface area (Å²) in [7, 11) is 0. The average Bonchev–Trinajstić information content (AvgIpc) is 2.34. The van der Waals surface area contributed by atoms with Gasteiger partial charge in [0.05, 0.1) is 6.10 Å². The Morgan fingerprint density at radius 1 is 1.30 bits per heavy atom. The van der Waals surface area contributed by atoms with Crippen LogP contribution in [0.15, 0.2) is 24.3 Å². The van der Waals surface area contributed by atoms with Crippen LogP contribution in [0.2, 0.25) is 0 Å². The number of aliphatic hydroxyl groups is 1. The largest absolute Gasteiger partial charge is 0.387 e. The van der Waals surface area contributed by atoms with Crippen molar-refractivity contribution < 1.29 is 9.90 Å². The molecular weight excluding hydrogens is 252 g/mol. The molecule has 20 heavy (non-hydrogen) atoms. The van der Waals surface area contributed by atoms with Gasteiger partial charge in [-0.2, -0.15) is 0 Å². The molecule has 0 radical (unpaired) electrons. The molecular formula is C16H26N2O2. The van der Waals surface area contributed by atoms with Gasteiger partial charge in [0.2, 0.25) is 5.91 Å². The molecule has 0 saturated heterocycles.